The van der Waals surface area contributed by atoms with Crippen LogP contribution in [0.5, 0.6) is 0 Å². The van der Waals surface area contributed by atoms with Gasteiger partial charge in [-0.3, -0.25) is 14.3 Å². The molecule has 9 nitrogen and oxygen atoms in total. The van der Waals surface area contributed by atoms with E-state index in [2.05, 4.69) is 26.2 Å². The van der Waals surface area contributed by atoms with Gasteiger partial charge in [-0.15, -0.1) is 5.10 Å². The Morgan fingerprint density at radius 2 is 1.88 bits per heavy atom. The van der Waals surface area contributed by atoms with E-state index in [-0.39, 0.29) is 24.3 Å². The smallest absolute Gasteiger partial charge is 0.264 e. The molecule has 7 rings (SSSR count). The Balaban J connectivity index is 1.17. The maximum atomic E-state index is 16.4. The van der Waals surface area contributed by atoms with Crippen LogP contribution in [0.4, 0.5) is 15.5 Å². The number of rotatable bonds is 10. The Morgan fingerprint density at radius 3 is 2.62 bits per heavy atom. The van der Waals surface area contributed by atoms with Crippen molar-refractivity contribution < 1.29 is 23.5 Å². The number of aromatic nitrogens is 3. The van der Waals surface area contributed by atoms with Gasteiger partial charge in [0, 0.05) is 52.9 Å². The molecule has 2 saturated heterocycles. The SMILES string of the molecule is C[C@H]1[C@H]([Si](C)(C)F)[C@@H](CCn2cc(C(CO)c3ccccc3)nn2)O[C@]12C(=O)N(Cc1cccc(N3CCCCC3=O)c1)c1ccc(Br)cc12. The van der Waals surface area contributed by atoms with Gasteiger partial charge in [-0.25, -0.2) is 0 Å². The minimum Gasteiger partial charge on any atom is -0.395 e. The molecule has 0 aliphatic carbocycles. The lowest BCUT2D eigenvalue weighted by Crippen LogP contribution is -2.45. The number of hydrogen-bond donors (Lipinski definition) is 1. The second kappa shape index (κ2) is 13.8. The van der Waals surface area contributed by atoms with Crippen molar-refractivity contribution in [3.8, 4) is 0 Å². The third-order valence-electron chi connectivity index (χ3n) is 10.7. The summed E-state index contributed by atoms with van der Waals surface area (Å²) < 4.78 is 25.9. The number of hydrogen-bond acceptors (Lipinski definition) is 6. The number of nitrogens with zero attached hydrogens (tertiary/aromatic N) is 5. The van der Waals surface area contributed by atoms with E-state index >= 15 is 4.11 Å². The number of benzene rings is 3. The first-order valence-corrected chi connectivity index (χ1v) is 21.2. The second-order valence-corrected chi connectivity index (χ2v) is 19.0. The van der Waals surface area contributed by atoms with Gasteiger partial charge in [0.15, 0.2) is 5.60 Å². The maximum absolute atomic E-state index is 16.4. The Morgan fingerprint density at radius 1 is 1.08 bits per heavy atom. The highest BCUT2D eigenvalue weighted by Gasteiger charge is 2.66. The second-order valence-electron chi connectivity index (χ2n) is 14.3. The number of anilines is 2. The molecule has 1 spiro atoms. The van der Waals surface area contributed by atoms with Gasteiger partial charge in [0.25, 0.3) is 5.91 Å². The summed E-state index contributed by atoms with van der Waals surface area (Å²) in [4.78, 5) is 31.1. The molecule has 0 saturated carbocycles. The molecule has 12 heteroatoms. The predicted molar refractivity (Wildman–Crippen MR) is 196 cm³/mol. The van der Waals surface area contributed by atoms with Gasteiger partial charge in [0.05, 0.1) is 36.6 Å². The number of amides is 2. The number of ether oxygens (including phenoxy) is 1. The number of fused-ring (bicyclic) bond motifs is 2. The highest BCUT2D eigenvalue weighted by molar-refractivity contribution is 9.10. The largest absolute Gasteiger partial charge is 0.395 e. The molecule has 1 N–H and O–H groups in total. The number of carbonyl (C=O) groups excluding carboxylic acids is 2. The summed E-state index contributed by atoms with van der Waals surface area (Å²) in [6.07, 6.45) is 4.15. The van der Waals surface area contributed by atoms with Crippen molar-refractivity contribution in [3.05, 3.63) is 106 Å². The van der Waals surface area contributed by atoms with E-state index in [1.54, 1.807) is 22.7 Å². The Kier molecular flexibility index (Phi) is 9.57. The van der Waals surface area contributed by atoms with Crippen LogP contribution >= 0.6 is 15.9 Å². The molecular formula is C38H43BrFN5O4Si. The molecule has 262 valence electrons. The highest BCUT2D eigenvalue weighted by Crippen LogP contribution is 2.60. The molecule has 1 aromatic heterocycles. The van der Waals surface area contributed by atoms with Gasteiger partial charge >= 0.3 is 0 Å². The van der Waals surface area contributed by atoms with Crippen molar-refractivity contribution in [3.63, 3.8) is 0 Å². The van der Waals surface area contributed by atoms with E-state index in [0.717, 1.165) is 45.4 Å². The van der Waals surface area contributed by atoms with E-state index in [1.807, 2.05) is 90.8 Å². The summed E-state index contributed by atoms with van der Waals surface area (Å²) in [6, 6.07) is 23.3. The van der Waals surface area contributed by atoms with Crippen LogP contribution in [-0.2, 0) is 33.0 Å². The van der Waals surface area contributed by atoms with Crippen LogP contribution in [0.25, 0.3) is 0 Å². The lowest BCUT2D eigenvalue weighted by Gasteiger charge is -2.31. The third kappa shape index (κ3) is 6.24. The number of carbonyl (C=O) groups is 2. The molecule has 4 aromatic rings. The molecule has 3 aromatic carbocycles. The lowest BCUT2D eigenvalue weighted by molar-refractivity contribution is -0.146. The summed E-state index contributed by atoms with van der Waals surface area (Å²) in [5.74, 6) is -0.807. The number of aryl methyl sites for hydroxylation is 1. The topological polar surface area (TPSA) is 101 Å². The molecule has 2 fully saturated rings. The molecule has 0 bridgehead atoms. The quantitative estimate of drug-likeness (QED) is 0.137. The summed E-state index contributed by atoms with van der Waals surface area (Å²) in [7, 11) is -3.36. The molecule has 3 aliphatic heterocycles. The highest BCUT2D eigenvalue weighted by atomic mass is 79.9. The van der Waals surface area contributed by atoms with Crippen LogP contribution in [-0.4, -0.2) is 59.6 Å². The summed E-state index contributed by atoms with van der Waals surface area (Å²) >= 11 is 3.62. The first-order valence-electron chi connectivity index (χ1n) is 17.4. The number of aliphatic hydroxyl groups is 1. The minimum atomic E-state index is -3.36. The van der Waals surface area contributed by atoms with Crippen LogP contribution in [0.2, 0.25) is 18.6 Å². The van der Waals surface area contributed by atoms with E-state index in [4.69, 9.17) is 4.74 Å². The van der Waals surface area contributed by atoms with E-state index in [1.165, 1.54) is 0 Å². The van der Waals surface area contributed by atoms with Gasteiger partial charge in [0.1, 0.15) is 0 Å². The average molecular weight is 761 g/mol. The summed E-state index contributed by atoms with van der Waals surface area (Å²) in [5, 5.41) is 18.9. The molecule has 0 radical (unpaired) electrons. The van der Waals surface area contributed by atoms with Gasteiger partial charge in [0.2, 0.25) is 14.3 Å². The number of piperidine rings is 1. The first kappa shape index (κ1) is 34.7. The van der Waals surface area contributed by atoms with Crippen LogP contribution in [0, 0.1) is 5.92 Å². The monoisotopic (exact) mass is 759 g/mol. The van der Waals surface area contributed by atoms with Crippen LogP contribution in [0.3, 0.4) is 0 Å². The Labute approximate surface area is 301 Å². The number of aliphatic hydroxyl groups excluding tert-OH is 1. The van der Waals surface area contributed by atoms with Crippen molar-refractivity contribution in [2.45, 2.75) is 82.0 Å². The van der Waals surface area contributed by atoms with Gasteiger partial charge in [-0.05, 0) is 73.8 Å². The van der Waals surface area contributed by atoms with E-state index in [0.29, 0.717) is 38.2 Å². The van der Waals surface area contributed by atoms with E-state index < -0.39 is 31.6 Å². The zero-order valence-corrected chi connectivity index (χ0v) is 31.2. The van der Waals surface area contributed by atoms with Gasteiger partial charge in [-0.2, -0.15) is 0 Å². The maximum Gasteiger partial charge on any atom is 0.264 e. The Bertz CT molecular complexity index is 1890. The van der Waals surface area contributed by atoms with Crippen molar-refractivity contribution >= 4 is 47.5 Å². The van der Waals surface area contributed by atoms with Gasteiger partial charge in [-0.1, -0.05) is 70.5 Å². The fraction of sp³-hybridized carbons (Fsp3) is 0.421. The zero-order valence-electron chi connectivity index (χ0n) is 28.6. The Hall–Kier alpha value is -3.71. The van der Waals surface area contributed by atoms with Crippen LogP contribution in [0.1, 0.15) is 60.9 Å². The third-order valence-corrected chi connectivity index (χ3v) is 13.7. The van der Waals surface area contributed by atoms with Crippen molar-refractivity contribution in [2.24, 2.45) is 5.92 Å². The molecule has 1 unspecified atom stereocenters. The molecule has 4 heterocycles. The zero-order chi connectivity index (χ0) is 35.2. The minimum absolute atomic E-state index is 0.105. The molecule has 50 heavy (non-hydrogen) atoms. The summed E-state index contributed by atoms with van der Waals surface area (Å²) in [5.41, 5.74) is 3.03. The van der Waals surface area contributed by atoms with Crippen molar-refractivity contribution in [1.82, 2.24) is 15.0 Å². The normalized spacial score (nSPS) is 24.3. The first-order chi connectivity index (χ1) is 24.0. The average Bonchev–Trinajstić information content (AvgIpc) is 3.75. The molecular weight excluding hydrogens is 717 g/mol. The lowest BCUT2D eigenvalue weighted by atomic mass is 9.82. The van der Waals surface area contributed by atoms with Crippen molar-refractivity contribution in [1.29, 1.82) is 0 Å². The van der Waals surface area contributed by atoms with Crippen LogP contribution < -0.4 is 9.80 Å². The van der Waals surface area contributed by atoms with Gasteiger partial charge < -0.3 is 23.8 Å². The van der Waals surface area contributed by atoms with Crippen molar-refractivity contribution in [2.75, 3.05) is 23.0 Å². The predicted octanol–water partition coefficient (Wildman–Crippen LogP) is 7.09. The fourth-order valence-electron chi connectivity index (χ4n) is 8.43. The molecule has 2 amide bonds. The summed E-state index contributed by atoms with van der Waals surface area (Å²) in [6.45, 7) is 6.67. The molecule has 5 atom stereocenters. The number of halogens is 2. The standard InChI is InChI=1S/C38H43BrFN5O4Si/c1-25-36(50(2,3)40)34(17-19-43-23-32(41-42-43)30(24-46)27-11-5-4-6-12-27)49-38(25)31-21-28(39)15-16-33(31)45(37(38)48)22-26-10-9-13-29(20-26)44-18-8-7-14-35(44)47/h4-6,9-13,15-16,20-21,23,25,30,34,36,46H,7-8,14,17-19,22,24H2,1-3H3/t25-,30?,34+,36-,38+/m0/s1. The molecule has 3 aliphatic rings. The van der Waals surface area contributed by atoms with E-state index in [9.17, 15) is 14.7 Å². The van der Waals surface area contributed by atoms with Crippen LogP contribution in [0.15, 0.2) is 83.5 Å². The fourth-order valence-corrected chi connectivity index (χ4v) is 11.3.